The van der Waals surface area contributed by atoms with E-state index in [1.54, 1.807) is 6.20 Å². The average molecular weight is 329 g/mol. The highest BCUT2D eigenvalue weighted by Gasteiger charge is 2.43. The van der Waals surface area contributed by atoms with E-state index in [1.165, 1.54) is 0 Å². The Morgan fingerprint density at radius 2 is 2.00 bits per heavy atom. The summed E-state index contributed by atoms with van der Waals surface area (Å²) in [6, 6.07) is 0. The Bertz CT molecular complexity index is 426. The lowest BCUT2D eigenvalue weighted by molar-refractivity contribution is -0.291. The van der Waals surface area contributed by atoms with E-state index in [0.717, 1.165) is 0 Å². The lowest BCUT2D eigenvalue weighted by Crippen LogP contribution is -2.55. The number of nitroso groups, excluding NO2 is 1. The number of nitrogens with zero attached hydrogens (tertiary/aromatic N) is 2. The zero-order valence-corrected chi connectivity index (χ0v) is 15.1. The smallest absolute Gasteiger partial charge is 0.236 e. The van der Waals surface area contributed by atoms with Gasteiger partial charge in [0.25, 0.3) is 0 Å². The van der Waals surface area contributed by atoms with Crippen LogP contribution in [0.15, 0.2) is 17.6 Å². The predicted octanol–water partition coefficient (Wildman–Crippen LogP) is 2.03. The summed E-state index contributed by atoms with van der Waals surface area (Å²) in [4.78, 5) is 12.8. The van der Waals surface area contributed by atoms with Crippen molar-refractivity contribution in [2.24, 2.45) is 10.6 Å². The molecule has 0 spiro atoms. The first kappa shape index (κ1) is 17.4. The van der Waals surface area contributed by atoms with Gasteiger partial charge in [-0.25, -0.2) is 0 Å². The first-order chi connectivity index (χ1) is 10.1. The molecule has 0 saturated carbocycles. The summed E-state index contributed by atoms with van der Waals surface area (Å²) in [7, 11) is -1.65. The Kier molecular flexibility index (Phi) is 4.95. The number of hydrogen-bond acceptors (Lipinski definition) is 7. The van der Waals surface area contributed by atoms with Gasteiger partial charge in [0.2, 0.25) is 6.29 Å². The van der Waals surface area contributed by atoms with Crippen molar-refractivity contribution in [3.8, 4) is 0 Å². The summed E-state index contributed by atoms with van der Waals surface area (Å²) in [6.07, 6.45) is 2.99. The van der Waals surface area contributed by atoms with Crippen LogP contribution >= 0.6 is 0 Å². The number of nitrogens with one attached hydrogen (secondary N) is 1. The molecule has 0 bridgehead atoms. The molecule has 8 heteroatoms. The molecule has 1 unspecified atom stereocenters. The maximum Gasteiger partial charge on any atom is 0.236 e. The van der Waals surface area contributed by atoms with Crippen LogP contribution in [0.5, 0.6) is 0 Å². The maximum absolute atomic E-state index is 10.9. The Labute approximate surface area is 133 Å². The molecule has 0 aromatic rings. The lowest BCUT2D eigenvalue weighted by atomic mass is 9.89. The zero-order valence-electron chi connectivity index (χ0n) is 14.1. The van der Waals surface area contributed by atoms with Crippen molar-refractivity contribution in [2.45, 2.75) is 45.6 Å². The molecule has 1 saturated heterocycles. The number of rotatable bonds is 6. The molecule has 2 rings (SSSR count). The van der Waals surface area contributed by atoms with Crippen molar-refractivity contribution in [2.75, 3.05) is 26.4 Å². The standard InChI is InChI=1S/C14H27N3O4Si/c1-13(2)19-9-14(10-20-13,11-21-22(3,4)5)8-17-7-6-15-12(17)16-18/h6-7,12,15H,8-11H2,1-5H3. The van der Waals surface area contributed by atoms with Gasteiger partial charge in [-0.3, -0.25) is 0 Å². The summed E-state index contributed by atoms with van der Waals surface area (Å²) >= 11 is 0. The molecule has 1 fully saturated rings. The van der Waals surface area contributed by atoms with E-state index in [-0.39, 0.29) is 5.41 Å². The molecule has 0 aromatic heterocycles. The average Bonchev–Trinajstić information content (AvgIpc) is 2.86. The van der Waals surface area contributed by atoms with Crippen molar-refractivity contribution >= 4 is 8.32 Å². The molecule has 1 atom stereocenters. The molecule has 0 aromatic carbocycles. The van der Waals surface area contributed by atoms with Crippen molar-refractivity contribution in [1.29, 1.82) is 0 Å². The summed E-state index contributed by atoms with van der Waals surface area (Å²) in [5, 5.41) is 6.00. The molecule has 0 radical (unpaired) electrons. The minimum atomic E-state index is -1.65. The molecule has 126 valence electrons. The number of ether oxygens (including phenoxy) is 2. The third-order valence-electron chi connectivity index (χ3n) is 3.71. The molecule has 0 aliphatic carbocycles. The SMILES string of the molecule is CC1(C)OCC(CO[Si](C)(C)C)(CN2C=CNC2N=O)CO1. The van der Waals surface area contributed by atoms with Crippen LogP contribution in [-0.4, -0.2) is 51.7 Å². The first-order valence-electron chi connectivity index (χ1n) is 7.58. The lowest BCUT2D eigenvalue weighted by Gasteiger charge is -2.45. The molecule has 2 aliphatic rings. The molecule has 22 heavy (non-hydrogen) atoms. The predicted molar refractivity (Wildman–Crippen MR) is 86.3 cm³/mol. The minimum absolute atomic E-state index is 0.310. The van der Waals surface area contributed by atoms with E-state index < -0.39 is 20.4 Å². The van der Waals surface area contributed by atoms with E-state index in [4.69, 9.17) is 13.9 Å². The molecule has 0 amide bonds. The zero-order chi connectivity index (χ0) is 16.4. The minimum Gasteiger partial charge on any atom is -0.417 e. The highest BCUT2D eigenvalue weighted by molar-refractivity contribution is 6.69. The summed E-state index contributed by atoms with van der Waals surface area (Å²) < 4.78 is 17.8. The fraction of sp³-hybridized carbons (Fsp3) is 0.857. The van der Waals surface area contributed by atoms with E-state index >= 15 is 0 Å². The van der Waals surface area contributed by atoms with Crippen LogP contribution < -0.4 is 5.32 Å². The summed E-state index contributed by atoms with van der Waals surface area (Å²) in [6.45, 7) is 12.5. The molecule has 1 N–H and O–H groups in total. The van der Waals surface area contributed by atoms with E-state index in [9.17, 15) is 4.91 Å². The molecule has 2 heterocycles. The summed E-state index contributed by atoms with van der Waals surface area (Å²) in [5.41, 5.74) is -0.310. The van der Waals surface area contributed by atoms with Crippen molar-refractivity contribution in [3.05, 3.63) is 17.3 Å². The van der Waals surface area contributed by atoms with E-state index in [2.05, 4.69) is 30.1 Å². The topological polar surface area (TPSA) is 72.4 Å². The van der Waals surface area contributed by atoms with Gasteiger partial charge in [0.15, 0.2) is 14.1 Å². The highest BCUT2D eigenvalue weighted by Crippen LogP contribution is 2.33. The van der Waals surface area contributed by atoms with Crippen LogP contribution in [0.4, 0.5) is 0 Å². The molecular formula is C14H27N3O4Si. The van der Waals surface area contributed by atoms with Gasteiger partial charge in [-0.1, -0.05) is 0 Å². The van der Waals surface area contributed by atoms with Gasteiger partial charge in [0.1, 0.15) is 0 Å². The van der Waals surface area contributed by atoms with Crippen LogP contribution in [0, 0.1) is 10.3 Å². The van der Waals surface area contributed by atoms with Gasteiger partial charge >= 0.3 is 0 Å². The van der Waals surface area contributed by atoms with Crippen LogP contribution in [0.25, 0.3) is 0 Å². The Balaban J connectivity index is 2.08. The molecule has 7 nitrogen and oxygen atoms in total. The second-order valence-electron chi connectivity index (χ2n) is 7.51. The van der Waals surface area contributed by atoms with Crippen molar-refractivity contribution in [1.82, 2.24) is 10.2 Å². The molecule has 2 aliphatic heterocycles. The van der Waals surface area contributed by atoms with Gasteiger partial charge in [-0.15, -0.1) is 4.91 Å². The van der Waals surface area contributed by atoms with Crippen LogP contribution in [0.3, 0.4) is 0 Å². The third kappa shape index (κ3) is 4.51. The third-order valence-corrected chi connectivity index (χ3v) is 4.72. The fourth-order valence-corrected chi connectivity index (χ4v) is 3.09. The van der Waals surface area contributed by atoms with Gasteiger partial charge in [-0.05, 0) is 38.7 Å². The largest absolute Gasteiger partial charge is 0.417 e. The normalized spacial score (nSPS) is 26.8. The maximum atomic E-state index is 10.9. The van der Waals surface area contributed by atoms with Crippen molar-refractivity contribution < 1.29 is 13.9 Å². The van der Waals surface area contributed by atoms with Gasteiger partial charge < -0.3 is 24.1 Å². The summed E-state index contributed by atoms with van der Waals surface area (Å²) in [5.74, 6) is -0.579. The van der Waals surface area contributed by atoms with E-state index in [0.29, 0.717) is 26.4 Å². The van der Waals surface area contributed by atoms with E-state index in [1.807, 2.05) is 24.9 Å². The molecular weight excluding hydrogens is 302 g/mol. The Hall–Kier alpha value is -0.963. The fourth-order valence-electron chi connectivity index (χ4n) is 2.35. The van der Waals surface area contributed by atoms with Crippen LogP contribution in [-0.2, 0) is 13.9 Å². The van der Waals surface area contributed by atoms with Gasteiger partial charge in [-0.2, -0.15) is 0 Å². The second kappa shape index (κ2) is 6.27. The second-order valence-corrected chi connectivity index (χ2v) is 12.0. The Morgan fingerprint density at radius 1 is 1.36 bits per heavy atom. The number of hydrogen-bond donors (Lipinski definition) is 1. The first-order valence-corrected chi connectivity index (χ1v) is 11.0. The monoisotopic (exact) mass is 329 g/mol. The van der Waals surface area contributed by atoms with Crippen LogP contribution in [0.2, 0.25) is 19.6 Å². The highest BCUT2D eigenvalue weighted by atomic mass is 28.4. The Morgan fingerprint density at radius 3 is 2.55 bits per heavy atom. The van der Waals surface area contributed by atoms with Crippen LogP contribution in [0.1, 0.15) is 13.8 Å². The van der Waals surface area contributed by atoms with Crippen molar-refractivity contribution in [3.63, 3.8) is 0 Å². The van der Waals surface area contributed by atoms with Gasteiger partial charge in [0.05, 0.1) is 18.6 Å². The quantitative estimate of drug-likeness (QED) is 0.594. The van der Waals surface area contributed by atoms with Gasteiger partial charge in [0, 0.05) is 25.6 Å².